The SMILES string of the molecule is CCN1CCc2ccc(CN(CC)C(=O)CNC(=O)CN(C)S(=O)(=O)c3c(C)cc(OC)cc3C)cc2CC1. The number of methoxy groups -OCH3 is 1. The highest BCUT2D eigenvalue weighted by molar-refractivity contribution is 7.89. The summed E-state index contributed by atoms with van der Waals surface area (Å²) in [5.41, 5.74) is 4.85. The molecule has 0 aliphatic carbocycles. The van der Waals surface area contributed by atoms with Crippen LogP contribution in [0.25, 0.3) is 0 Å². The molecule has 1 N–H and O–H groups in total. The van der Waals surface area contributed by atoms with Gasteiger partial charge in [-0.3, -0.25) is 9.59 Å². The van der Waals surface area contributed by atoms with Gasteiger partial charge in [0.05, 0.1) is 25.1 Å². The van der Waals surface area contributed by atoms with Gasteiger partial charge in [0.2, 0.25) is 21.8 Å². The zero-order chi connectivity index (χ0) is 28.7. The lowest BCUT2D eigenvalue weighted by Crippen LogP contribution is -2.44. The van der Waals surface area contributed by atoms with Gasteiger partial charge in [0.25, 0.3) is 0 Å². The molecule has 0 aromatic heterocycles. The quantitative estimate of drug-likeness (QED) is 0.455. The van der Waals surface area contributed by atoms with Gasteiger partial charge in [-0.25, -0.2) is 8.42 Å². The van der Waals surface area contributed by atoms with Gasteiger partial charge in [-0.1, -0.05) is 25.1 Å². The maximum atomic E-state index is 13.2. The smallest absolute Gasteiger partial charge is 0.243 e. The normalized spacial score (nSPS) is 14.0. The number of hydrogen-bond acceptors (Lipinski definition) is 6. The Labute approximate surface area is 233 Å². The summed E-state index contributed by atoms with van der Waals surface area (Å²) in [5.74, 6) is -0.192. The number of benzene rings is 2. The lowest BCUT2D eigenvalue weighted by molar-refractivity contribution is -0.133. The van der Waals surface area contributed by atoms with Gasteiger partial charge in [-0.2, -0.15) is 4.31 Å². The minimum Gasteiger partial charge on any atom is -0.497 e. The van der Waals surface area contributed by atoms with Gasteiger partial charge in [0, 0.05) is 33.2 Å². The van der Waals surface area contributed by atoms with Crippen molar-refractivity contribution in [3.05, 3.63) is 58.1 Å². The predicted octanol–water partition coefficient (Wildman–Crippen LogP) is 2.52. The van der Waals surface area contributed by atoms with Crippen LogP contribution in [0.5, 0.6) is 5.75 Å². The molecule has 0 fully saturated rings. The van der Waals surface area contributed by atoms with Gasteiger partial charge in [0.15, 0.2) is 0 Å². The Morgan fingerprint density at radius 3 is 2.26 bits per heavy atom. The predicted molar refractivity (Wildman–Crippen MR) is 152 cm³/mol. The van der Waals surface area contributed by atoms with E-state index >= 15 is 0 Å². The Morgan fingerprint density at radius 2 is 1.67 bits per heavy atom. The average molecular weight is 559 g/mol. The number of nitrogens with zero attached hydrogens (tertiary/aromatic N) is 3. The third-order valence-electron chi connectivity index (χ3n) is 7.36. The Bertz CT molecular complexity index is 1270. The molecular weight excluding hydrogens is 516 g/mol. The van der Waals surface area contributed by atoms with E-state index in [1.807, 2.05) is 6.92 Å². The maximum Gasteiger partial charge on any atom is 0.243 e. The monoisotopic (exact) mass is 558 g/mol. The number of carbonyl (C=O) groups is 2. The summed E-state index contributed by atoms with van der Waals surface area (Å²) in [6.45, 7) is 11.0. The number of amides is 2. The van der Waals surface area contributed by atoms with Crippen molar-refractivity contribution in [2.24, 2.45) is 0 Å². The first-order valence-electron chi connectivity index (χ1n) is 13.5. The number of aryl methyl sites for hydroxylation is 2. The minimum absolute atomic E-state index is 0.148. The van der Waals surface area contributed by atoms with Crippen LogP contribution >= 0.6 is 0 Å². The number of carbonyl (C=O) groups excluding carboxylic acids is 2. The van der Waals surface area contributed by atoms with Crippen LogP contribution in [0.3, 0.4) is 0 Å². The van der Waals surface area contributed by atoms with Gasteiger partial charge in [-0.05, 0) is 80.1 Å². The first-order chi connectivity index (χ1) is 18.5. The van der Waals surface area contributed by atoms with Gasteiger partial charge in [0.1, 0.15) is 5.75 Å². The van der Waals surface area contributed by atoms with E-state index in [1.165, 1.54) is 25.3 Å². The summed E-state index contributed by atoms with van der Waals surface area (Å²) in [6, 6.07) is 9.75. The van der Waals surface area contributed by atoms with Crippen molar-refractivity contribution in [3.63, 3.8) is 0 Å². The van der Waals surface area contributed by atoms with E-state index in [0.717, 1.165) is 42.3 Å². The molecule has 0 saturated heterocycles. The highest BCUT2D eigenvalue weighted by Gasteiger charge is 2.27. The number of nitrogens with one attached hydrogen (secondary N) is 1. The molecule has 2 aromatic carbocycles. The molecule has 1 heterocycles. The maximum absolute atomic E-state index is 13.2. The van der Waals surface area contributed by atoms with E-state index in [1.54, 1.807) is 30.9 Å². The molecule has 1 aliphatic heterocycles. The first-order valence-corrected chi connectivity index (χ1v) is 14.9. The van der Waals surface area contributed by atoms with Crippen molar-refractivity contribution >= 4 is 21.8 Å². The van der Waals surface area contributed by atoms with Crippen LogP contribution in [0.2, 0.25) is 0 Å². The molecule has 9 nitrogen and oxygen atoms in total. The molecule has 0 saturated carbocycles. The van der Waals surface area contributed by atoms with Crippen molar-refractivity contribution in [3.8, 4) is 5.75 Å². The van der Waals surface area contributed by atoms with E-state index in [2.05, 4.69) is 35.3 Å². The molecule has 3 rings (SSSR count). The average Bonchev–Trinajstić information content (AvgIpc) is 3.11. The standard InChI is InChI=1S/C29H42N4O5S/c1-7-32-13-11-24-10-9-23(17-25(24)12-14-32)19-33(8-2)28(35)18-30-27(34)20-31(5)39(36,37)29-21(3)15-26(38-6)16-22(29)4/h9-10,15-17H,7-8,11-14,18-20H2,1-6H3,(H,30,34). The second-order valence-corrected chi connectivity index (χ2v) is 12.1. The van der Waals surface area contributed by atoms with Gasteiger partial charge < -0.3 is 19.9 Å². The summed E-state index contributed by atoms with van der Waals surface area (Å²) in [6.07, 6.45) is 2.03. The van der Waals surface area contributed by atoms with E-state index in [-0.39, 0.29) is 17.3 Å². The number of ether oxygens (including phenoxy) is 1. The highest BCUT2D eigenvalue weighted by atomic mass is 32.2. The van der Waals surface area contributed by atoms with Crippen molar-refractivity contribution in [2.45, 2.75) is 52.0 Å². The summed E-state index contributed by atoms with van der Waals surface area (Å²) in [5, 5.41) is 2.59. The van der Waals surface area contributed by atoms with Crippen molar-refractivity contribution < 1.29 is 22.7 Å². The Hall–Kier alpha value is -2.95. The number of fused-ring (bicyclic) bond motifs is 1. The van der Waals surface area contributed by atoms with E-state index in [0.29, 0.717) is 30.0 Å². The fraction of sp³-hybridized carbons (Fsp3) is 0.517. The fourth-order valence-electron chi connectivity index (χ4n) is 5.06. The zero-order valence-electron chi connectivity index (χ0n) is 24.0. The summed E-state index contributed by atoms with van der Waals surface area (Å²) in [7, 11) is -1.04. The summed E-state index contributed by atoms with van der Waals surface area (Å²) in [4.78, 5) is 29.8. The largest absolute Gasteiger partial charge is 0.497 e. The molecule has 0 atom stereocenters. The minimum atomic E-state index is -3.92. The van der Waals surface area contributed by atoms with Crippen LogP contribution < -0.4 is 10.1 Å². The van der Waals surface area contributed by atoms with E-state index < -0.39 is 22.5 Å². The molecule has 39 heavy (non-hydrogen) atoms. The third kappa shape index (κ3) is 7.58. The van der Waals surface area contributed by atoms with Crippen LogP contribution in [0, 0.1) is 13.8 Å². The Kier molecular flexibility index (Phi) is 10.5. The number of sulfonamides is 1. The van der Waals surface area contributed by atoms with Crippen molar-refractivity contribution in [2.75, 3.05) is 53.4 Å². The molecule has 0 spiro atoms. The van der Waals surface area contributed by atoms with Crippen LogP contribution in [-0.4, -0.2) is 87.8 Å². The molecule has 1 aliphatic rings. The van der Waals surface area contributed by atoms with Crippen LogP contribution in [-0.2, 0) is 39.0 Å². The van der Waals surface area contributed by atoms with Crippen LogP contribution in [0.4, 0.5) is 0 Å². The molecule has 0 radical (unpaired) electrons. The molecule has 0 bridgehead atoms. The van der Waals surface area contributed by atoms with Crippen molar-refractivity contribution in [1.82, 2.24) is 19.4 Å². The molecule has 2 aromatic rings. The van der Waals surface area contributed by atoms with E-state index in [9.17, 15) is 18.0 Å². The summed E-state index contributed by atoms with van der Waals surface area (Å²) < 4.78 is 32.6. The Morgan fingerprint density at radius 1 is 1.03 bits per heavy atom. The topological polar surface area (TPSA) is 99.3 Å². The molecule has 0 unspecified atom stereocenters. The zero-order valence-corrected chi connectivity index (χ0v) is 24.9. The number of hydrogen-bond donors (Lipinski definition) is 1. The van der Waals surface area contributed by atoms with Crippen LogP contribution in [0.1, 0.15) is 41.7 Å². The summed E-state index contributed by atoms with van der Waals surface area (Å²) >= 11 is 0. The van der Waals surface area contributed by atoms with Crippen LogP contribution in [0.15, 0.2) is 35.2 Å². The Balaban J connectivity index is 1.58. The lowest BCUT2D eigenvalue weighted by atomic mass is 10.00. The highest BCUT2D eigenvalue weighted by Crippen LogP contribution is 2.27. The van der Waals surface area contributed by atoms with Gasteiger partial charge in [-0.15, -0.1) is 0 Å². The second kappa shape index (κ2) is 13.4. The lowest BCUT2D eigenvalue weighted by Gasteiger charge is -2.23. The first kappa shape index (κ1) is 30.6. The molecule has 214 valence electrons. The molecule has 2 amide bonds. The fourth-order valence-corrected chi connectivity index (χ4v) is 6.59. The third-order valence-corrected chi connectivity index (χ3v) is 9.47. The number of rotatable bonds is 11. The van der Waals surface area contributed by atoms with Gasteiger partial charge >= 0.3 is 0 Å². The second-order valence-electron chi connectivity index (χ2n) is 10.1. The molecular formula is C29H42N4O5S. The van der Waals surface area contributed by atoms with Crippen molar-refractivity contribution in [1.29, 1.82) is 0 Å². The molecule has 10 heteroatoms. The van der Waals surface area contributed by atoms with E-state index in [4.69, 9.17) is 4.74 Å². The number of likely N-dealkylation sites (N-methyl/N-ethyl adjacent to an activating group) is 3.